The minimum absolute atomic E-state index is 0.113. The van der Waals surface area contributed by atoms with E-state index in [-0.39, 0.29) is 6.04 Å². The van der Waals surface area contributed by atoms with E-state index in [4.69, 9.17) is 5.73 Å². The van der Waals surface area contributed by atoms with E-state index >= 15 is 0 Å². The zero-order valence-corrected chi connectivity index (χ0v) is 14.1. The normalized spacial score (nSPS) is 24.6. The van der Waals surface area contributed by atoms with Crippen LogP contribution in [0.15, 0.2) is 36.5 Å². The van der Waals surface area contributed by atoms with Crippen LogP contribution < -0.4 is 16.4 Å². The van der Waals surface area contributed by atoms with Crippen molar-refractivity contribution in [1.82, 2.24) is 19.7 Å². The van der Waals surface area contributed by atoms with E-state index < -0.39 is 0 Å². The summed E-state index contributed by atoms with van der Waals surface area (Å²) in [6, 6.07) is 9.93. The van der Waals surface area contributed by atoms with Gasteiger partial charge in [-0.25, -0.2) is 0 Å². The van der Waals surface area contributed by atoms with Crippen LogP contribution in [0.3, 0.4) is 0 Å². The highest BCUT2D eigenvalue weighted by molar-refractivity contribution is 5.88. The van der Waals surface area contributed by atoms with Crippen molar-refractivity contribution in [1.29, 1.82) is 0 Å². The molecule has 7 nitrogen and oxygen atoms in total. The molecule has 4 N–H and O–H groups in total. The number of nitrogens with two attached hydrogens (primary N) is 1. The molecule has 128 valence electrons. The molecule has 0 unspecified atom stereocenters. The summed E-state index contributed by atoms with van der Waals surface area (Å²) in [6.45, 7) is 0.570. The maximum atomic E-state index is 6.27. The van der Waals surface area contributed by atoms with Gasteiger partial charge in [-0.1, -0.05) is 30.3 Å². The molecule has 1 atom stereocenters. The summed E-state index contributed by atoms with van der Waals surface area (Å²) in [5, 5.41) is 12.2. The third-order valence-electron chi connectivity index (χ3n) is 5.35. The molecule has 0 radical (unpaired) electrons. The summed E-state index contributed by atoms with van der Waals surface area (Å²) < 4.78 is 1.78. The van der Waals surface area contributed by atoms with E-state index in [9.17, 15) is 0 Å². The minimum atomic E-state index is -0.113. The Hall–Kier alpha value is -2.67. The number of aryl methyl sites for hydroxylation is 1. The summed E-state index contributed by atoms with van der Waals surface area (Å²) in [6.07, 6.45) is 4.33. The van der Waals surface area contributed by atoms with E-state index in [0.29, 0.717) is 18.0 Å². The van der Waals surface area contributed by atoms with Gasteiger partial charge in [0, 0.05) is 25.2 Å². The number of fused-ring (bicyclic) bond motifs is 2. The SMILES string of the molecule is Cn1ncc2c(NC34CC3C4)nc(NC[C@H](N)c3ccccc3)nc21. The second-order valence-electron chi connectivity index (χ2n) is 7.19. The molecular formula is C18H21N7. The summed E-state index contributed by atoms with van der Waals surface area (Å²) in [5.41, 5.74) is 8.48. The highest BCUT2D eigenvalue weighted by Crippen LogP contribution is 2.68. The Morgan fingerprint density at radius 2 is 2.04 bits per heavy atom. The Morgan fingerprint density at radius 1 is 1.28 bits per heavy atom. The fourth-order valence-corrected chi connectivity index (χ4v) is 3.36. The van der Waals surface area contributed by atoms with E-state index in [0.717, 1.165) is 28.3 Å². The van der Waals surface area contributed by atoms with Crippen molar-refractivity contribution in [2.45, 2.75) is 24.4 Å². The first-order valence-corrected chi connectivity index (χ1v) is 8.67. The lowest BCUT2D eigenvalue weighted by atomic mass is 10.1. The Kier molecular flexibility index (Phi) is 3.03. The molecule has 7 heteroatoms. The van der Waals surface area contributed by atoms with Crippen molar-refractivity contribution in [3.05, 3.63) is 42.1 Å². The van der Waals surface area contributed by atoms with Gasteiger partial charge in [-0.2, -0.15) is 15.1 Å². The topological polar surface area (TPSA) is 93.7 Å². The van der Waals surface area contributed by atoms with Crippen molar-refractivity contribution in [2.75, 3.05) is 17.2 Å². The van der Waals surface area contributed by atoms with Gasteiger partial charge in [-0.3, -0.25) is 4.68 Å². The van der Waals surface area contributed by atoms with Crippen molar-refractivity contribution in [3.8, 4) is 0 Å². The van der Waals surface area contributed by atoms with Crippen LogP contribution in [0.25, 0.3) is 11.0 Å². The van der Waals surface area contributed by atoms with Gasteiger partial charge in [-0.05, 0) is 24.3 Å². The van der Waals surface area contributed by atoms with Crippen LogP contribution in [0.4, 0.5) is 11.8 Å². The first kappa shape index (κ1) is 14.7. The van der Waals surface area contributed by atoms with E-state index in [1.165, 1.54) is 12.8 Å². The molecule has 2 aliphatic carbocycles. The minimum Gasteiger partial charge on any atom is -0.364 e. The van der Waals surface area contributed by atoms with Gasteiger partial charge in [-0.15, -0.1) is 0 Å². The quantitative estimate of drug-likeness (QED) is 0.638. The summed E-state index contributed by atoms with van der Waals surface area (Å²) in [7, 11) is 1.90. The largest absolute Gasteiger partial charge is 0.364 e. The molecule has 3 aromatic rings. The molecule has 0 saturated heterocycles. The number of benzene rings is 1. The van der Waals surface area contributed by atoms with Crippen molar-refractivity contribution >= 4 is 22.8 Å². The monoisotopic (exact) mass is 335 g/mol. The third-order valence-corrected chi connectivity index (χ3v) is 5.35. The van der Waals surface area contributed by atoms with Crippen LogP contribution in [0.5, 0.6) is 0 Å². The maximum Gasteiger partial charge on any atom is 0.226 e. The predicted molar refractivity (Wildman–Crippen MR) is 97.2 cm³/mol. The molecule has 1 aromatic carbocycles. The van der Waals surface area contributed by atoms with Gasteiger partial charge in [0.2, 0.25) is 5.95 Å². The number of hydrogen-bond donors (Lipinski definition) is 3. The average Bonchev–Trinajstić information content (AvgIpc) is 3.44. The van der Waals surface area contributed by atoms with E-state index in [1.54, 1.807) is 4.68 Å². The van der Waals surface area contributed by atoms with Gasteiger partial charge in [0.1, 0.15) is 5.82 Å². The lowest BCUT2D eigenvalue weighted by Gasteiger charge is -2.15. The van der Waals surface area contributed by atoms with Crippen molar-refractivity contribution in [2.24, 2.45) is 18.7 Å². The molecule has 2 heterocycles. The summed E-state index contributed by atoms with van der Waals surface area (Å²) in [4.78, 5) is 9.30. The number of hydrogen-bond acceptors (Lipinski definition) is 6. The summed E-state index contributed by atoms with van der Waals surface area (Å²) in [5.74, 6) is 2.28. The molecule has 0 aliphatic heterocycles. The molecule has 0 spiro atoms. The smallest absolute Gasteiger partial charge is 0.226 e. The molecular weight excluding hydrogens is 314 g/mol. The van der Waals surface area contributed by atoms with Crippen LogP contribution in [0, 0.1) is 5.92 Å². The fraction of sp³-hybridized carbons (Fsp3) is 0.389. The van der Waals surface area contributed by atoms with Crippen molar-refractivity contribution < 1.29 is 0 Å². The molecule has 25 heavy (non-hydrogen) atoms. The number of nitrogens with one attached hydrogen (secondary N) is 2. The molecule has 0 amide bonds. The van der Waals surface area contributed by atoms with Gasteiger partial charge >= 0.3 is 0 Å². The Balaban J connectivity index is 1.39. The molecule has 5 rings (SSSR count). The van der Waals surface area contributed by atoms with Crippen LogP contribution in [-0.2, 0) is 7.05 Å². The van der Waals surface area contributed by atoms with Gasteiger partial charge in [0.05, 0.1) is 11.6 Å². The van der Waals surface area contributed by atoms with Crippen LogP contribution in [-0.4, -0.2) is 31.8 Å². The molecule has 2 aliphatic rings. The van der Waals surface area contributed by atoms with Crippen LogP contribution in [0.2, 0.25) is 0 Å². The number of nitrogens with zero attached hydrogens (tertiary/aromatic N) is 4. The first-order valence-electron chi connectivity index (χ1n) is 8.67. The number of aromatic nitrogens is 4. The molecule has 2 fully saturated rings. The standard InChI is InChI=1S/C18H21N7/c1-25-16-13(9-21-25)15(24-18-7-12(18)8-18)22-17(23-16)20-10-14(19)11-5-3-2-4-6-11/h2-6,9,12,14H,7-8,10,19H2,1H3,(H2,20,22,23,24)/t12?,14-,18?/m0/s1. The zero-order chi connectivity index (χ0) is 17.0. The number of rotatable bonds is 6. The predicted octanol–water partition coefficient (Wildman–Crippen LogP) is 2.05. The highest BCUT2D eigenvalue weighted by Gasteiger charge is 2.70. The molecule has 2 aromatic heterocycles. The summed E-state index contributed by atoms with van der Waals surface area (Å²) >= 11 is 0. The van der Waals surface area contributed by atoms with Crippen LogP contribution >= 0.6 is 0 Å². The third kappa shape index (κ3) is 2.51. The second kappa shape index (κ2) is 5.16. The Bertz CT molecular complexity index is 927. The maximum absolute atomic E-state index is 6.27. The van der Waals surface area contributed by atoms with Crippen molar-refractivity contribution in [3.63, 3.8) is 0 Å². The Labute approximate surface area is 145 Å². The van der Waals surface area contributed by atoms with Gasteiger partial charge < -0.3 is 16.4 Å². The first-order chi connectivity index (χ1) is 12.1. The Morgan fingerprint density at radius 3 is 2.76 bits per heavy atom. The average molecular weight is 335 g/mol. The lowest BCUT2D eigenvalue weighted by molar-refractivity contribution is 0.755. The van der Waals surface area contributed by atoms with E-state index in [1.807, 2.05) is 43.6 Å². The van der Waals surface area contributed by atoms with Crippen LogP contribution in [0.1, 0.15) is 24.4 Å². The fourth-order valence-electron chi connectivity index (χ4n) is 3.36. The number of anilines is 2. The lowest BCUT2D eigenvalue weighted by Crippen LogP contribution is -2.22. The highest BCUT2D eigenvalue weighted by atomic mass is 15.3. The second-order valence-corrected chi connectivity index (χ2v) is 7.19. The van der Waals surface area contributed by atoms with Gasteiger partial charge in [0.15, 0.2) is 5.65 Å². The molecule has 2 saturated carbocycles. The van der Waals surface area contributed by atoms with E-state index in [2.05, 4.69) is 25.7 Å². The molecule has 0 bridgehead atoms. The van der Waals surface area contributed by atoms with Gasteiger partial charge in [0.25, 0.3) is 0 Å². The zero-order valence-electron chi connectivity index (χ0n) is 14.1.